The fraction of sp³-hybridized carbons (Fsp3) is 0.458. The van der Waals surface area contributed by atoms with Gasteiger partial charge in [-0.15, -0.1) is 11.3 Å². The molecule has 1 aliphatic carbocycles. The molecule has 0 radical (unpaired) electrons. The van der Waals surface area contributed by atoms with Crippen molar-refractivity contribution in [3.63, 3.8) is 0 Å². The van der Waals surface area contributed by atoms with Crippen molar-refractivity contribution in [3.05, 3.63) is 46.2 Å². The van der Waals surface area contributed by atoms with Crippen LogP contribution in [-0.4, -0.2) is 51.1 Å². The highest BCUT2D eigenvalue weighted by Crippen LogP contribution is 2.26. The number of nitrogens with zero attached hydrogens (tertiary/aromatic N) is 3. The monoisotopic (exact) mass is 454 g/mol. The lowest BCUT2D eigenvalue weighted by Gasteiger charge is -2.31. The summed E-state index contributed by atoms with van der Waals surface area (Å²) in [5.41, 5.74) is 2.15. The summed E-state index contributed by atoms with van der Waals surface area (Å²) in [6, 6.07) is 9.48. The van der Waals surface area contributed by atoms with Gasteiger partial charge in [0.15, 0.2) is 0 Å². The number of aromatic nitrogens is 2. The number of benzene rings is 1. The van der Waals surface area contributed by atoms with E-state index in [-0.39, 0.29) is 18.4 Å². The smallest absolute Gasteiger partial charge is 0.268 e. The molecule has 0 aliphatic heterocycles. The third-order valence-corrected chi connectivity index (χ3v) is 7.07. The van der Waals surface area contributed by atoms with Gasteiger partial charge in [0.25, 0.3) is 11.8 Å². The Balaban J connectivity index is 1.61. The van der Waals surface area contributed by atoms with Crippen molar-refractivity contribution in [1.29, 1.82) is 0 Å². The number of anilines is 1. The van der Waals surface area contributed by atoms with Crippen LogP contribution in [0.1, 0.15) is 65.0 Å². The van der Waals surface area contributed by atoms with Crippen molar-refractivity contribution < 1.29 is 14.7 Å². The Labute approximate surface area is 192 Å². The van der Waals surface area contributed by atoms with Gasteiger partial charge < -0.3 is 14.6 Å². The van der Waals surface area contributed by atoms with Crippen molar-refractivity contribution in [2.75, 3.05) is 19.0 Å². The van der Waals surface area contributed by atoms with Crippen LogP contribution in [0.2, 0.25) is 0 Å². The maximum absolute atomic E-state index is 13.1. The highest BCUT2D eigenvalue weighted by Gasteiger charge is 2.24. The maximum atomic E-state index is 13.1. The zero-order valence-electron chi connectivity index (χ0n) is 18.4. The first kappa shape index (κ1) is 22.5. The molecule has 0 unspecified atom stereocenters. The molecule has 0 atom stereocenters. The molecule has 2 amide bonds. The van der Waals surface area contributed by atoms with Gasteiger partial charge in [-0.2, -0.15) is 0 Å². The second-order valence-corrected chi connectivity index (χ2v) is 9.31. The maximum Gasteiger partial charge on any atom is 0.268 e. The van der Waals surface area contributed by atoms with E-state index >= 15 is 0 Å². The van der Waals surface area contributed by atoms with E-state index in [2.05, 4.69) is 10.3 Å². The SMILES string of the molecule is CN(C(=O)c1ccc2c(c1)nc(NC(=O)c1cccs1)n2CCCCO)C1CCCCC1. The lowest BCUT2D eigenvalue weighted by Crippen LogP contribution is -2.38. The summed E-state index contributed by atoms with van der Waals surface area (Å²) < 4.78 is 1.95. The first-order valence-corrected chi connectivity index (χ1v) is 12.2. The van der Waals surface area contributed by atoms with Gasteiger partial charge in [0, 0.05) is 31.8 Å². The number of aliphatic hydroxyl groups excluding tert-OH is 1. The lowest BCUT2D eigenvalue weighted by atomic mass is 9.94. The molecule has 4 rings (SSSR count). The number of hydrogen-bond donors (Lipinski definition) is 2. The molecule has 8 heteroatoms. The van der Waals surface area contributed by atoms with Gasteiger partial charge in [-0.1, -0.05) is 25.3 Å². The number of aliphatic hydroxyl groups is 1. The van der Waals surface area contributed by atoms with Crippen molar-refractivity contribution >= 4 is 40.1 Å². The number of aryl methyl sites for hydroxylation is 1. The molecular weight excluding hydrogens is 424 g/mol. The molecule has 3 aromatic rings. The van der Waals surface area contributed by atoms with E-state index in [0.717, 1.165) is 24.8 Å². The zero-order chi connectivity index (χ0) is 22.5. The summed E-state index contributed by atoms with van der Waals surface area (Å²) in [5.74, 6) is 0.270. The molecule has 0 saturated heterocycles. The standard InChI is InChI=1S/C24H30N4O3S/c1-27(18-8-3-2-4-9-18)23(31)17-11-12-20-19(16-17)25-24(28(20)13-5-6-14-29)26-22(30)21-10-7-15-32-21/h7,10-12,15-16,18,29H,2-6,8-9,13-14H2,1H3,(H,25,26,30). The van der Waals surface area contributed by atoms with Crippen LogP contribution in [0, 0.1) is 0 Å². The normalized spacial score (nSPS) is 14.6. The molecule has 1 aromatic carbocycles. The Morgan fingerprint density at radius 3 is 2.75 bits per heavy atom. The van der Waals surface area contributed by atoms with Crippen LogP contribution in [0.5, 0.6) is 0 Å². The van der Waals surface area contributed by atoms with Crippen LogP contribution in [0.15, 0.2) is 35.7 Å². The van der Waals surface area contributed by atoms with E-state index in [4.69, 9.17) is 5.11 Å². The van der Waals surface area contributed by atoms with Crippen molar-refractivity contribution in [1.82, 2.24) is 14.5 Å². The fourth-order valence-corrected chi connectivity index (χ4v) is 4.99. The molecule has 2 N–H and O–H groups in total. The van der Waals surface area contributed by atoms with Gasteiger partial charge in [-0.3, -0.25) is 14.9 Å². The average molecular weight is 455 g/mol. The first-order valence-electron chi connectivity index (χ1n) is 11.3. The topological polar surface area (TPSA) is 87.5 Å². The van der Waals surface area contributed by atoms with Gasteiger partial charge in [0.2, 0.25) is 5.95 Å². The van der Waals surface area contributed by atoms with Crippen LogP contribution in [0.3, 0.4) is 0 Å². The summed E-state index contributed by atoms with van der Waals surface area (Å²) in [7, 11) is 1.89. The number of rotatable bonds is 8. The van der Waals surface area contributed by atoms with Gasteiger partial charge in [0.05, 0.1) is 15.9 Å². The second-order valence-electron chi connectivity index (χ2n) is 8.36. The number of nitrogens with one attached hydrogen (secondary N) is 1. The average Bonchev–Trinajstić information content (AvgIpc) is 3.47. The van der Waals surface area contributed by atoms with Crippen molar-refractivity contribution in [2.24, 2.45) is 0 Å². The van der Waals surface area contributed by atoms with E-state index < -0.39 is 0 Å². The molecule has 1 saturated carbocycles. The highest BCUT2D eigenvalue weighted by atomic mass is 32.1. The number of amides is 2. The molecule has 0 bridgehead atoms. The minimum Gasteiger partial charge on any atom is -0.396 e. The van der Waals surface area contributed by atoms with Gasteiger partial charge in [0.1, 0.15) is 0 Å². The van der Waals surface area contributed by atoms with Crippen LogP contribution in [0.4, 0.5) is 5.95 Å². The highest BCUT2D eigenvalue weighted by molar-refractivity contribution is 7.12. The van der Waals surface area contributed by atoms with Gasteiger partial charge in [-0.25, -0.2) is 4.98 Å². The van der Waals surface area contributed by atoms with Gasteiger partial charge >= 0.3 is 0 Å². The molecule has 1 fully saturated rings. The molecule has 170 valence electrons. The minimum absolute atomic E-state index is 0.0119. The predicted molar refractivity (Wildman–Crippen MR) is 127 cm³/mol. The Kier molecular flexibility index (Phi) is 7.22. The number of fused-ring (bicyclic) bond motifs is 1. The van der Waals surface area contributed by atoms with Crippen molar-refractivity contribution in [3.8, 4) is 0 Å². The third kappa shape index (κ3) is 4.86. The Morgan fingerprint density at radius 2 is 2.03 bits per heavy atom. The van der Waals surface area contributed by atoms with E-state index in [0.29, 0.717) is 40.9 Å². The first-order chi connectivity index (χ1) is 15.6. The largest absolute Gasteiger partial charge is 0.396 e. The summed E-state index contributed by atoms with van der Waals surface area (Å²) in [5, 5.41) is 13.9. The van der Waals surface area contributed by atoms with Crippen LogP contribution in [-0.2, 0) is 6.54 Å². The molecule has 7 nitrogen and oxygen atoms in total. The van der Waals surface area contributed by atoms with E-state index in [9.17, 15) is 9.59 Å². The lowest BCUT2D eigenvalue weighted by molar-refractivity contribution is 0.0696. The number of carbonyl (C=O) groups excluding carboxylic acids is 2. The molecule has 1 aliphatic rings. The van der Waals surface area contributed by atoms with Crippen LogP contribution < -0.4 is 5.32 Å². The van der Waals surface area contributed by atoms with Crippen LogP contribution >= 0.6 is 11.3 Å². The Bertz CT molecular complexity index is 1070. The van der Waals surface area contributed by atoms with Crippen molar-refractivity contribution in [2.45, 2.75) is 57.5 Å². The predicted octanol–water partition coefficient (Wildman–Crippen LogP) is 4.53. The molecule has 0 spiro atoms. The zero-order valence-corrected chi connectivity index (χ0v) is 19.2. The molecular formula is C24H30N4O3S. The summed E-state index contributed by atoms with van der Waals surface area (Å²) in [4.78, 5) is 32.9. The summed E-state index contributed by atoms with van der Waals surface area (Å²) in [6.07, 6.45) is 7.14. The fourth-order valence-electron chi connectivity index (χ4n) is 4.38. The van der Waals surface area contributed by atoms with E-state index in [1.807, 2.05) is 46.2 Å². The molecule has 2 aromatic heterocycles. The number of imidazole rings is 1. The summed E-state index contributed by atoms with van der Waals surface area (Å²) >= 11 is 1.38. The van der Waals surface area contributed by atoms with Gasteiger partial charge in [-0.05, 0) is 55.3 Å². The number of carbonyl (C=O) groups is 2. The summed E-state index contributed by atoms with van der Waals surface area (Å²) in [6.45, 7) is 0.738. The second kappa shape index (κ2) is 10.3. The number of unbranched alkanes of at least 4 members (excludes halogenated alkanes) is 1. The minimum atomic E-state index is -0.202. The number of thiophene rings is 1. The molecule has 32 heavy (non-hydrogen) atoms. The van der Waals surface area contributed by atoms with Crippen LogP contribution in [0.25, 0.3) is 11.0 Å². The Hall–Kier alpha value is -2.71. The Morgan fingerprint density at radius 1 is 1.22 bits per heavy atom. The van der Waals surface area contributed by atoms with E-state index in [1.165, 1.54) is 30.6 Å². The number of hydrogen-bond acceptors (Lipinski definition) is 5. The third-order valence-electron chi connectivity index (χ3n) is 6.20. The van der Waals surface area contributed by atoms with E-state index in [1.54, 1.807) is 6.07 Å². The molecule has 2 heterocycles. The quantitative estimate of drug-likeness (QED) is 0.490.